The van der Waals surface area contributed by atoms with E-state index in [9.17, 15) is 0 Å². The first-order valence-corrected chi connectivity index (χ1v) is 1.98. The zero-order valence-corrected chi connectivity index (χ0v) is 5.01. The molecular weight excluding hydrogens is 147 g/mol. The van der Waals surface area contributed by atoms with E-state index in [1.807, 2.05) is 0 Å². The fourth-order valence-electron chi connectivity index (χ4n) is 0.390. The summed E-state index contributed by atoms with van der Waals surface area (Å²) in [5, 5.41) is 8.24. The predicted molar refractivity (Wildman–Crippen MR) is 28.3 cm³/mol. The first kappa shape index (κ1) is 7.44. The average Bonchev–Trinajstić information content (AvgIpc) is 2.14. The summed E-state index contributed by atoms with van der Waals surface area (Å²) >= 11 is 0. The van der Waals surface area contributed by atoms with Crippen LogP contribution in [0.4, 0.5) is 0 Å². The van der Waals surface area contributed by atoms with Gasteiger partial charge in [-0.3, -0.25) is 0 Å². The van der Waals surface area contributed by atoms with E-state index >= 15 is 0 Å². The van der Waals surface area contributed by atoms with Crippen molar-refractivity contribution >= 4 is 6.21 Å². The summed E-state index contributed by atoms with van der Waals surface area (Å²) in [5.74, 6) is 0. The molecule has 0 amide bonds. The van der Waals surface area contributed by atoms with E-state index < -0.39 is 0 Å². The summed E-state index contributed by atoms with van der Waals surface area (Å²) in [4.78, 5) is 3.73. The van der Waals surface area contributed by atoms with Crippen molar-refractivity contribution in [2.24, 2.45) is 0 Å². The fraction of sp³-hybridized carbons (Fsp3) is 0. The summed E-state index contributed by atoms with van der Waals surface area (Å²) < 4.78 is 0. The average molecular weight is 151 g/mol. The number of aromatic nitrogens is 1. The van der Waals surface area contributed by atoms with Gasteiger partial charge >= 0.3 is 16.5 Å². The molecule has 0 N–H and O–H groups in total. The molecule has 0 saturated heterocycles. The van der Waals surface area contributed by atoms with Crippen molar-refractivity contribution in [3.05, 3.63) is 29.4 Å². The van der Waals surface area contributed by atoms with E-state index in [0.717, 1.165) is 6.21 Å². The van der Waals surface area contributed by atoms with Crippen molar-refractivity contribution in [2.75, 3.05) is 0 Å². The van der Waals surface area contributed by atoms with E-state index in [-0.39, 0.29) is 16.5 Å². The maximum Gasteiger partial charge on any atom is 2.00 e. The molecule has 0 saturated carbocycles. The molecule has 44 valence electrons. The first-order chi connectivity index (χ1) is 3.43. The van der Waals surface area contributed by atoms with Crippen molar-refractivity contribution in [2.45, 2.75) is 0 Å². The van der Waals surface area contributed by atoms with Gasteiger partial charge in [-0.2, -0.15) is 11.9 Å². The van der Waals surface area contributed by atoms with Crippen LogP contribution in [0.5, 0.6) is 0 Å². The maximum absolute atomic E-state index is 8.24. The third kappa shape index (κ3) is 1.51. The molecule has 0 bridgehead atoms. The van der Waals surface area contributed by atoms with Crippen LogP contribution in [-0.2, 0) is 16.5 Å². The number of hydrogen-bond donors (Lipinski definition) is 0. The van der Waals surface area contributed by atoms with E-state index in [4.69, 9.17) is 5.41 Å². The molecule has 0 fully saturated rings. The molecule has 1 heterocycles. The zero-order valence-electron chi connectivity index (χ0n) is 4.02. The minimum absolute atomic E-state index is 0. The normalized spacial score (nSPS) is 7.50. The van der Waals surface area contributed by atoms with Gasteiger partial charge in [0.2, 0.25) is 0 Å². The Hall–Kier alpha value is -0.556. The molecule has 0 unspecified atom stereocenters. The minimum Gasteiger partial charge on any atom is -0.812 e. The monoisotopic (exact) mass is 150 g/mol. The van der Waals surface area contributed by atoms with Gasteiger partial charge in [-0.1, -0.05) is 12.1 Å². The van der Waals surface area contributed by atoms with E-state index in [2.05, 4.69) is 4.98 Å². The van der Waals surface area contributed by atoms with Crippen molar-refractivity contribution in [3.63, 3.8) is 0 Å². The second kappa shape index (κ2) is 3.45. The molecule has 0 aliphatic carbocycles. The Morgan fingerprint density at radius 2 is 2.38 bits per heavy atom. The summed E-state index contributed by atoms with van der Waals surface area (Å²) in [6.07, 6.45) is 2.60. The standard InChI is InChI=1S/C5H4N2.Ni/c6-4-5-2-1-3-7-5;/h1-4H;/q-2;+2. The third-order valence-corrected chi connectivity index (χ3v) is 0.709. The van der Waals surface area contributed by atoms with Crippen LogP contribution < -0.4 is 4.98 Å². The van der Waals surface area contributed by atoms with Gasteiger partial charge in [-0.25, -0.2) is 6.21 Å². The zero-order chi connectivity index (χ0) is 5.11. The number of nitrogens with zero attached hydrogens (tertiary/aromatic N) is 2. The molecule has 0 aliphatic heterocycles. The predicted octanol–water partition coefficient (Wildman–Crippen LogP) is 0.630. The van der Waals surface area contributed by atoms with Crippen molar-refractivity contribution in [1.29, 1.82) is 0 Å². The largest absolute Gasteiger partial charge is 2.00 e. The van der Waals surface area contributed by atoms with Crippen LogP contribution in [0, 0.1) is 0 Å². The molecule has 1 rings (SSSR count). The van der Waals surface area contributed by atoms with Crippen LogP contribution in [0.1, 0.15) is 5.69 Å². The van der Waals surface area contributed by atoms with Gasteiger partial charge in [-0.05, 0) is 0 Å². The van der Waals surface area contributed by atoms with Crippen LogP contribution in [0.3, 0.4) is 0 Å². The van der Waals surface area contributed by atoms with E-state index in [0.29, 0.717) is 5.69 Å². The summed E-state index contributed by atoms with van der Waals surface area (Å²) in [6, 6.07) is 3.49. The molecule has 1 aromatic rings. The molecule has 0 atom stereocenters. The van der Waals surface area contributed by atoms with Gasteiger partial charge in [0.05, 0.1) is 0 Å². The van der Waals surface area contributed by atoms with Gasteiger partial charge in [0.25, 0.3) is 0 Å². The quantitative estimate of drug-likeness (QED) is 0.428. The molecule has 2 nitrogen and oxygen atoms in total. The number of hydrogen-bond acceptors (Lipinski definition) is 0. The second-order valence-electron chi connectivity index (χ2n) is 1.19. The Labute approximate surface area is 57.7 Å². The number of rotatable bonds is 1. The summed E-state index contributed by atoms with van der Waals surface area (Å²) in [6.45, 7) is 0. The Morgan fingerprint density at radius 3 is 2.62 bits per heavy atom. The van der Waals surface area contributed by atoms with Gasteiger partial charge in [-0.15, -0.1) is 0 Å². The van der Waals surface area contributed by atoms with Crippen LogP contribution >= 0.6 is 0 Å². The van der Waals surface area contributed by atoms with Crippen LogP contribution in [0.2, 0.25) is 0 Å². The molecule has 8 heavy (non-hydrogen) atoms. The fourth-order valence-corrected chi connectivity index (χ4v) is 0.390. The van der Waals surface area contributed by atoms with Crippen molar-refractivity contribution in [1.82, 2.24) is 4.98 Å². The van der Waals surface area contributed by atoms with Gasteiger partial charge in [0.1, 0.15) is 0 Å². The summed E-state index contributed by atoms with van der Waals surface area (Å²) in [5.41, 5.74) is 0.611. The SMILES string of the molecule is [N-]=Cc1ccc[n-]1.[Ni+2]. The van der Waals surface area contributed by atoms with Crippen LogP contribution in [0.15, 0.2) is 18.3 Å². The molecule has 0 spiro atoms. The first-order valence-electron chi connectivity index (χ1n) is 1.98. The van der Waals surface area contributed by atoms with Gasteiger partial charge in [0.15, 0.2) is 0 Å². The molecule has 0 aliphatic rings. The minimum atomic E-state index is 0. The Balaban J connectivity index is 0.000000490. The van der Waals surface area contributed by atoms with Crippen LogP contribution in [0.25, 0.3) is 5.41 Å². The molecule has 3 heteroatoms. The maximum atomic E-state index is 8.24. The third-order valence-electron chi connectivity index (χ3n) is 0.709. The van der Waals surface area contributed by atoms with Gasteiger partial charge in [0, 0.05) is 0 Å². The topological polar surface area (TPSA) is 36.4 Å². The molecular formula is C5H4N2Ni. The molecule has 1 aromatic heterocycles. The molecule has 0 radical (unpaired) electrons. The Kier molecular flexibility index (Phi) is 3.21. The van der Waals surface area contributed by atoms with Crippen molar-refractivity contribution < 1.29 is 16.5 Å². The van der Waals surface area contributed by atoms with Gasteiger partial charge < -0.3 is 10.4 Å². The summed E-state index contributed by atoms with van der Waals surface area (Å²) in [7, 11) is 0. The van der Waals surface area contributed by atoms with E-state index in [1.165, 1.54) is 0 Å². The molecule has 0 aromatic carbocycles. The van der Waals surface area contributed by atoms with E-state index in [1.54, 1.807) is 18.3 Å². The van der Waals surface area contributed by atoms with Crippen molar-refractivity contribution in [3.8, 4) is 0 Å². The Bertz CT molecular complexity index is 145. The second-order valence-corrected chi connectivity index (χ2v) is 1.19. The Morgan fingerprint density at radius 1 is 1.62 bits per heavy atom. The van der Waals surface area contributed by atoms with Crippen LogP contribution in [-0.4, -0.2) is 6.21 Å². The smallest absolute Gasteiger partial charge is 0.812 e.